The van der Waals surface area contributed by atoms with E-state index in [1.165, 1.54) is 0 Å². The van der Waals surface area contributed by atoms with Crippen LogP contribution in [0.15, 0.2) is 24.3 Å². The molecule has 0 heterocycles. The number of benzene rings is 1. The van der Waals surface area contributed by atoms with Crippen molar-refractivity contribution in [2.45, 2.75) is 20.0 Å². The number of halogens is 1. The molecule has 1 aromatic carbocycles. The number of amides is 1. The number of hydrogen-bond acceptors (Lipinski definition) is 3. The first-order valence-corrected chi connectivity index (χ1v) is 6.05. The van der Waals surface area contributed by atoms with Crippen molar-refractivity contribution in [2.24, 2.45) is 11.8 Å². The van der Waals surface area contributed by atoms with E-state index >= 15 is 0 Å². The van der Waals surface area contributed by atoms with E-state index in [-0.39, 0.29) is 11.8 Å². The SMILES string of the molecule is CC(C)C(Oc1ccccc1I)C(=O)NN. The first kappa shape index (κ1) is 13.2. The van der Waals surface area contributed by atoms with Crippen molar-refractivity contribution in [1.82, 2.24) is 5.43 Å². The fourth-order valence-electron chi connectivity index (χ4n) is 1.25. The third-order valence-electron chi connectivity index (χ3n) is 2.10. The lowest BCUT2D eigenvalue weighted by atomic mass is 10.1. The van der Waals surface area contributed by atoms with Crippen LogP contribution in [0.5, 0.6) is 5.75 Å². The number of hydrazine groups is 1. The quantitative estimate of drug-likeness (QED) is 0.381. The van der Waals surface area contributed by atoms with Gasteiger partial charge < -0.3 is 4.74 Å². The molecule has 0 bridgehead atoms. The number of para-hydroxylation sites is 1. The summed E-state index contributed by atoms with van der Waals surface area (Å²) in [6.07, 6.45) is -0.569. The summed E-state index contributed by atoms with van der Waals surface area (Å²) in [6, 6.07) is 7.55. The van der Waals surface area contributed by atoms with E-state index in [0.29, 0.717) is 5.75 Å². The molecule has 3 N–H and O–H groups in total. The van der Waals surface area contributed by atoms with Crippen molar-refractivity contribution in [3.8, 4) is 5.75 Å². The van der Waals surface area contributed by atoms with Gasteiger partial charge in [0.15, 0.2) is 6.10 Å². The maximum atomic E-state index is 11.5. The molecule has 1 unspecified atom stereocenters. The first-order valence-electron chi connectivity index (χ1n) is 4.98. The number of ether oxygens (including phenoxy) is 1. The van der Waals surface area contributed by atoms with Crippen LogP contribution in [0, 0.1) is 9.49 Å². The maximum Gasteiger partial charge on any atom is 0.275 e. The van der Waals surface area contributed by atoms with Gasteiger partial charge in [0, 0.05) is 0 Å². The number of carbonyl (C=O) groups excluding carboxylic acids is 1. The summed E-state index contributed by atoms with van der Waals surface area (Å²) in [6.45, 7) is 3.82. The molecule has 0 spiro atoms. The summed E-state index contributed by atoms with van der Waals surface area (Å²) in [5, 5.41) is 0. The number of nitrogens with two attached hydrogens (primary N) is 1. The molecule has 0 aliphatic rings. The molecule has 0 aliphatic heterocycles. The Kier molecular flexibility index (Phi) is 5.01. The molecule has 1 atom stereocenters. The van der Waals surface area contributed by atoms with Crippen molar-refractivity contribution in [2.75, 3.05) is 0 Å². The Morgan fingerprint density at radius 3 is 2.56 bits per heavy atom. The van der Waals surface area contributed by atoms with E-state index in [1.807, 2.05) is 38.1 Å². The van der Waals surface area contributed by atoms with E-state index < -0.39 is 6.10 Å². The Morgan fingerprint density at radius 2 is 2.06 bits per heavy atom. The molecular formula is C11H15IN2O2. The Hall–Kier alpha value is -0.820. The first-order chi connectivity index (χ1) is 7.56. The molecule has 88 valence electrons. The summed E-state index contributed by atoms with van der Waals surface area (Å²) in [4.78, 5) is 11.5. The van der Waals surface area contributed by atoms with Gasteiger partial charge in [-0.2, -0.15) is 0 Å². The van der Waals surface area contributed by atoms with Crippen molar-refractivity contribution < 1.29 is 9.53 Å². The maximum absolute atomic E-state index is 11.5. The Bertz CT molecular complexity index is 369. The molecule has 0 saturated heterocycles. The standard InChI is InChI=1S/C11H15IN2O2/c1-7(2)10(11(15)14-13)16-9-6-4-3-5-8(9)12/h3-7,10H,13H2,1-2H3,(H,14,15). The highest BCUT2D eigenvalue weighted by molar-refractivity contribution is 14.1. The van der Waals surface area contributed by atoms with E-state index in [4.69, 9.17) is 10.6 Å². The van der Waals surface area contributed by atoms with Gasteiger partial charge in [0.25, 0.3) is 5.91 Å². The second-order valence-corrected chi connectivity index (χ2v) is 4.88. The van der Waals surface area contributed by atoms with E-state index in [2.05, 4.69) is 28.0 Å². The number of nitrogens with one attached hydrogen (secondary N) is 1. The number of hydrogen-bond donors (Lipinski definition) is 2. The number of carbonyl (C=O) groups is 1. The van der Waals surface area contributed by atoms with Crippen LogP contribution in [-0.4, -0.2) is 12.0 Å². The second-order valence-electron chi connectivity index (χ2n) is 3.72. The largest absolute Gasteiger partial charge is 0.479 e. The number of rotatable bonds is 4. The predicted octanol–water partition coefficient (Wildman–Crippen LogP) is 1.68. The monoisotopic (exact) mass is 334 g/mol. The van der Waals surface area contributed by atoms with Crippen LogP contribution in [0.25, 0.3) is 0 Å². The lowest BCUT2D eigenvalue weighted by molar-refractivity contribution is -0.129. The topological polar surface area (TPSA) is 64.3 Å². The van der Waals surface area contributed by atoms with Crippen LogP contribution in [0.2, 0.25) is 0 Å². The van der Waals surface area contributed by atoms with Crippen LogP contribution < -0.4 is 16.0 Å². The van der Waals surface area contributed by atoms with Gasteiger partial charge in [0.2, 0.25) is 0 Å². The normalized spacial score (nSPS) is 12.3. The van der Waals surface area contributed by atoms with Gasteiger partial charge in [-0.3, -0.25) is 10.2 Å². The summed E-state index contributed by atoms with van der Waals surface area (Å²) in [7, 11) is 0. The predicted molar refractivity (Wildman–Crippen MR) is 70.7 cm³/mol. The van der Waals surface area contributed by atoms with Crippen LogP contribution in [0.3, 0.4) is 0 Å². The Labute approximate surface area is 109 Å². The summed E-state index contributed by atoms with van der Waals surface area (Å²) in [5.74, 6) is 5.57. The van der Waals surface area contributed by atoms with Gasteiger partial charge in [0.05, 0.1) is 3.57 Å². The van der Waals surface area contributed by atoms with Gasteiger partial charge in [-0.1, -0.05) is 26.0 Å². The minimum atomic E-state index is -0.569. The fourth-order valence-corrected chi connectivity index (χ4v) is 1.77. The minimum absolute atomic E-state index is 0.0551. The lowest BCUT2D eigenvalue weighted by Gasteiger charge is -2.21. The molecule has 0 aliphatic carbocycles. The molecule has 4 nitrogen and oxygen atoms in total. The molecule has 1 amide bonds. The fraction of sp³-hybridized carbons (Fsp3) is 0.364. The van der Waals surface area contributed by atoms with Gasteiger partial charge in [0.1, 0.15) is 5.75 Å². The smallest absolute Gasteiger partial charge is 0.275 e. The molecule has 5 heteroatoms. The zero-order valence-electron chi connectivity index (χ0n) is 9.24. The summed E-state index contributed by atoms with van der Waals surface area (Å²) in [5.41, 5.74) is 2.12. The third-order valence-corrected chi connectivity index (χ3v) is 2.99. The van der Waals surface area contributed by atoms with E-state index in [9.17, 15) is 4.79 Å². The highest BCUT2D eigenvalue weighted by Crippen LogP contribution is 2.22. The minimum Gasteiger partial charge on any atom is -0.479 e. The van der Waals surface area contributed by atoms with Gasteiger partial charge in [-0.15, -0.1) is 0 Å². The zero-order chi connectivity index (χ0) is 12.1. The van der Waals surface area contributed by atoms with Crippen LogP contribution in [0.4, 0.5) is 0 Å². The molecule has 1 aromatic rings. The summed E-state index contributed by atoms with van der Waals surface area (Å²) < 4.78 is 6.63. The molecule has 1 rings (SSSR count). The van der Waals surface area contributed by atoms with Gasteiger partial charge >= 0.3 is 0 Å². The van der Waals surface area contributed by atoms with E-state index in [1.54, 1.807) is 0 Å². The van der Waals surface area contributed by atoms with Crippen LogP contribution in [-0.2, 0) is 4.79 Å². The molecule has 0 radical (unpaired) electrons. The van der Waals surface area contributed by atoms with Crippen LogP contribution in [0.1, 0.15) is 13.8 Å². The van der Waals surface area contributed by atoms with Crippen molar-refractivity contribution >= 4 is 28.5 Å². The molecule has 0 saturated carbocycles. The molecule has 16 heavy (non-hydrogen) atoms. The van der Waals surface area contributed by atoms with Gasteiger partial charge in [-0.05, 0) is 40.6 Å². The van der Waals surface area contributed by atoms with Crippen LogP contribution >= 0.6 is 22.6 Å². The highest BCUT2D eigenvalue weighted by atomic mass is 127. The van der Waals surface area contributed by atoms with E-state index in [0.717, 1.165) is 3.57 Å². The lowest BCUT2D eigenvalue weighted by Crippen LogP contribution is -2.44. The van der Waals surface area contributed by atoms with Crippen molar-refractivity contribution in [1.29, 1.82) is 0 Å². The third kappa shape index (κ3) is 3.34. The van der Waals surface area contributed by atoms with Crippen molar-refractivity contribution in [3.05, 3.63) is 27.8 Å². The Morgan fingerprint density at radius 1 is 1.44 bits per heavy atom. The molecule has 0 fully saturated rings. The average Bonchev–Trinajstić information content (AvgIpc) is 2.26. The Balaban J connectivity index is 2.84. The molecule has 0 aromatic heterocycles. The highest BCUT2D eigenvalue weighted by Gasteiger charge is 2.23. The second kappa shape index (κ2) is 6.05. The van der Waals surface area contributed by atoms with Crippen molar-refractivity contribution in [3.63, 3.8) is 0 Å². The summed E-state index contributed by atoms with van der Waals surface area (Å²) >= 11 is 2.16. The molecular weight excluding hydrogens is 319 g/mol. The zero-order valence-corrected chi connectivity index (χ0v) is 11.4. The van der Waals surface area contributed by atoms with Gasteiger partial charge in [-0.25, -0.2) is 5.84 Å². The average molecular weight is 334 g/mol.